The van der Waals surface area contributed by atoms with Crippen LogP contribution in [0.3, 0.4) is 0 Å². The van der Waals surface area contributed by atoms with Crippen LogP contribution in [-0.4, -0.2) is 19.0 Å². The highest BCUT2D eigenvalue weighted by Gasteiger charge is 2.34. The number of rotatable bonds is 0. The molecule has 2 heterocycles. The van der Waals surface area contributed by atoms with Gasteiger partial charge < -0.3 is 14.2 Å². The van der Waals surface area contributed by atoms with Crippen molar-refractivity contribution in [1.29, 1.82) is 0 Å². The molecule has 0 atom stereocenters. The number of hydrogen-bond acceptors (Lipinski definition) is 3. The first-order valence-corrected chi connectivity index (χ1v) is 7.53. The lowest BCUT2D eigenvalue weighted by Gasteiger charge is -2.23. The monoisotopic (exact) mass is 288 g/mol. The van der Waals surface area contributed by atoms with Crippen molar-refractivity contribution in [2.75, 3.05) is 13.2 Å². The van der Waals surface area contributed by atoms with Gasteiger partial charge in [0.05, 0.1) is 13.2 Å². The Labute approximate surface area is 126 Å². The lowest BCUT2D eigenvalue weighted by molar-refractivity contribution is -0.0602. The molecule has 0 radical (unpaired) electrons. The molecule has 2 aliphatic heterocycles. The van der Waals surface area contributed by atoms with Gasteiger partial charge in [-0.2, -0.15) is 0 Å². The summed E-state index contributed by atoms with van der Waals surface area (Å²) in [4.78, 5) is 0. The van der Waals surface area contributed by atoms with E-state index in [1.165, 1.54) is 27.1 Å². The van der Waals surface area contributed by atoms with Gasteiger partial charge in [0.1, 0.15) is 0 Å². The molecule has 0 aromatic heterocycles. The molecule has 2 fully saturated rings. The van der Waals surface area contributed by atoms with E-state index >= 15 is 0 Å². The summed E-state index contributed by atoms with van der Waals surface area (Å²) >= 11 is 0. The van der Waals surface area contributed by atoms with E-state index in [0.29, 0.717) is 13.2 Å². The largest absolute Gasteiger partial charge is 0.449 e. The molecule has 3 nitrogen and oxygen atoms in total. The molecule has 0 bridgehead atoms. The second-order valence-corrected chi connectivity index (χ2v) is 6.03. The second kappa shape index (κ2) is 3.51. The quantitative estimate of drug-likeness (QED) is 0.694. The summed E-state index contributed by atoms with van der Waals surface area (Å²) < 4.78 is 16.9. The van der Waals surface area contributed by atoms with Crippen LogP contribution in [-0.2, 0) is 14.2 Å². The van der Waals surface area contributed by atoms with Crippen molar-refractivity contribution in [3.63, 3.8) is 0 Å². The van der Waals surface area contributed by atoms with E-state index in [1.54, 1.807) is 0 Å². The van der Waals surface area contributed by atoms with Gasteiger partial charge in [-0.25, -0.2) is 0 Å². The molecule has 106 valence electrons. The van der Waals surface area contributed by atoms with E-state index in [0.717, 1.165) is 16.7 Å². The summed E-state index contributed by atoms with van der Waals surface area (Å²) in [5, 5.41) is 4.91. The van der Waals surface area contributed by atoms with Crippen LogP contribution in [0.5, 0.6) is 0 Å². The summed E-state index contributed by atoms with van der Waals surface area (Å²) in [6.07, 6.45) is 8.36. The van der Waals surface area contributed by atoms with Crippen molar-refractivity contribution in [2.24, 2.45) is 0 Å². The fourth-order valence-corrected chi connectivity index (χ4v) is 3.72. The van der Waals surface area contributed by atoms with Gasteiger partial charge in [0, 0.05) is 5.22 Å². The standard InChI is InChI=1S/C19H12O3/c1-2-14-13(3-4-15-16(14)9-17-18(15)22-17)12-5-6-19(10-11(1)12)20-7-8-21-19/h1-6,9-10H,7-8H2. The zero-order valence-electron chi connectivity index (χ0n) is 11.8. The van der Waals surface area contributed by atoms with Gasteiger partial charge in [-0.15, -0.1) is 0 Å². The first-order valence-electron chi connectivity index (χ1n) is 7.53. The first kappa shape index (κ1) is 11.2. The number of fused-ring (bicyclic) bond motifs is 6. The molecule has 4 aliphatic rings. The van der Waals surface area contributed by atoms with Crippen LogP contribution < -0.4 is 10.4 Å². The lowest BCUT2D eigenvalue weighted by Crippen LogP contribution is -2.30. The van der Waals surface area contributed by atoms with Gasteiger partial charge in [0.25, 0.3) is 0 Å². The normalized spacial score (nSPS) is 22.0. The fourth-order valence-electron chi connectivity index (χ4n) is 3.72. The Balaban J connectivity index is 1.68. The molecule has 1 spiro atoms. The molecular formula is C19H12O3. The average molecular weight is 288 g/mol. The van der Waals surface area contributed by atoms with Crippen LogP contribution >= 0.6 is 0 Å². The van der Waals surface area contributed by atoms with E-state index in [9.17, 15) is 0 Å². The second-order valence-electron chi connectivity index (χ2n) is 6.03. The van der Waals surface area contributed by atoms with Crippen molar-refractivity contribution in [1.82, 2.24) is 0 Å². The van der Waals surface area contributed by atoms with Gasteiger partial charge in [-0.1, -0.05) is 24.3 Å². The smallest absolute Gasteiger partial charge is 0.209 e. The highest BCUT2D eigenvalue weighted by Crippen LogP contribution is 2.40. The van der Waals surface area contributed by atoms with Gasteiger partial charge in [0.15, 0.2) is 11.5 Å². The highest BCUT2D eigenvalue weighted by atomic mass is 16.7. The van der Waals surface area contributed by atoms with Crippen molar-refractivity contribution >= 4 is 34.8 Å². The molecule has 6 rings (SSSR count). The predicted molar refractivity (Wildman–Crippen MR) is 83.8 cm³/mol. The van der Waals surface area contributed by atoms with E-state index in [-0.39, 0.29) is 0 Å². The summed E-state index contributed by atoms with van der Waals surface area (Å²) in [5.41, 5.74) is 2.51. The van der Waals surface area contributed by atoms with E-state index < -0.39 is 5.79 Å². The van der Waals surface area contributed by atoms with Crippen LogP contribution in [0, 0.1) is 0 Å². The Bertz CT molecular complexity index is 1050. The number of ether oxygens (including phenoxy) is 3. The Morgan fingerprint density at radius 2 is 1.73 bits per heavy atom. The maximum atomic E-state index is 5.75. The third kappa shape index (κ3) is 1.29. The van der Waals surface area contributed by atoms with Gasteiger partial charge >= 0.3 is 0 Å². The SMILES string of the molecule is C1=CC2(C=c3ccc4c5c(ccc4c31)=C1OC1=C5)OCCO2. The first-order chi connectivity index (χ1) is 10.8. The maximum Gasteiger partial charge on any atom is 0.209 e. The molecule has 2 aromatic carbocycles. The molecule has 0 N–H and O–H groups in total. The minimum atomic E-state index is -0.662. The van der Waals surface area contributed by atoms with Crippen molar-refractivity contribution in [3.8, 4) is 0 Å². The number of epoxide rings is 1. The highest BCUT2D eigenvalue weighted by molar-refractivity contribution is 6.02. The van der Waals surface area contributed by atoms with E-state index in [1.807, 2.05) is 6.08 Å². The summed E-state index contributed by atoms with van der Waals surface area (Å²) in [7, 11) is 0. The van der Waals surface area contributed by atoms with Crippen LogP contribution in [0.25, 0.3) is 34.8 Å². The van der Waals surface area contributed by atoms with Crippen molar-refractivity contribution < 1.29 is 14.2 Å². The molecule has 22 heavy (non-hydrogen) atoms. The Kier molecular flexibility index (Phi) is 1.79. The third-order valence-electron chi connectivity index (χ3n) is 4.81. The average Bonchev–Trinajstić information content (AvgIpc) is 3.00. The molecular weight excluding hydrogens is 276 g/mol. The van der Waals surface area contributed by atoms with Gasteiger partial charge in [-0.05, 0) is 51.4 Å². The lowest BCUT2D eigenvalue weighted by atomic mass is 9.93. The topological polar surface area (TPSA) is 31.0 Å². The molecule has 3 heteroatoms. The van der Waals surface area contributed by atoms with Crippen LogP contribution in [0.1, 0.15) is 11.1 Å². The Morgan fingerprint density at radius 1 is 0.909 bits per heavy atom. The predicted octanol–water partition coefficient (Wildman–Crippen LogP) is 1.88. The zero-order valence-corrected chi connectivity index (χ0v) is 11.8. The number of benzene rings is 2. The van der Waals surface area contributed by atoms with Gasteiger partial charge in [0.2, 0.25) is 5.79 Å². The minimum absolute atomic E-state index is 0.642. The summed E-state index contributed by atoms with van der Waals surface area (Å²) in [6.45, 7) is 1.28. The van der Waals surface area contributed by atoms with E-state index in [2.05, 4.69) is 42.5 Å². The molecule has 0 unspecified atom stereocenters. The molecule has 2 aliphatic carbocycles. The van der Waals surface area contributed by atoms with Gasteiger partial charge in [-0.3, -0.25) is 0 Å². The molecule has 2 saturated heterocycles. The molecule has 2 aromatic rings. The number of hydrogen-bond donors (Lipinski definition) is 0. The van der Waals surface area contributed by atoms with Crippen LogP contribution in [0.2, 0.25) is 0 Å². The zero-order chi connectivity index (χ0) is 14.3. The minimum Gasteiger partial charge on any atom is -0.449 e. The van der Waals surface area contributed by atoms with Crippen LogP contribution in [0.4, 0.5) is 0 Å². The Morgan fingerprint density at radius 3 is 2.64 bits per heavy atom. The molecule has 0 amide bonds. The Hall–Kier alpha value is -2.36. The third-order valence-corrected chi connectivity index (χ3v) is 4.81. The fraction of sp³-hybridized carbons (Fsp3) is 0.158. The van der Waals surface area contributed by atoms with E-state index in [4.69, 9.17) is 14.2 Å². The summed E-state index contributed by atoms with van der Waals surface area (Å²) in [6, 6.07) is 8.69. The summed E-state index contributed by atoms with van der Waals surface area (Å²) in [5.74, 6) is 1.41. The molecule has 0 saturated carbocycles. The van der Waals surface area contributed by atoms with Crippen molar-refractivity contribution in [3.05, 3.63) is 57.7 Å². The van der Waals surface area contributed by atoms with Crippen LogP contribution in [0.15, 0.2) is 36.1 Å². The van der Waals surface area contributed by atoms with Crippen molar-refractivity contribution in [2.45, 2.75) is 5.79 Å². The maximum absolute atomic E-state index is 5.75.